The lowest BCUT2D eigenvalue weighted by atomic mass is 9.94. The standard InChI is InChI=1S/C24H30N4O2/c1-18-5-4-6-21(17-18)27-15-10-20(11-16-27)26-23(29)19-8-13-28(14-9-19)24(30)22-7-2-3-12-25-22/h2-7,12,17,19-20H,8-11,13-16H2,1H3,(H,26,29). The van der Waals surface area contributed by atoms with Gasteiger partial charge in [0.1, 0.15) is 5.69 Å². The average Bonchev–Trinajstić information content (AvgIpc) is 2.80. The van der Waals surface area contributed by atoms with E-state index in [0.29, 0.717) is 31.6 Å². The van der Waals surface area contributed by atoms with Gasteiger partial charge in [-0.15, -0.1) is 0 Å². The third-order valence-corrected chi connectivity index (χ3v) is 6.25. The number of nitrogens with one attached hydrogen (secondary N) is 1. The first-order valence-corrected chi connectivity index (χ1v) is 10.9. The molecule has 3 heterocycles. The molecule has 2 aliphatic heterocycles. The Balaban J connectivity index is 1.22. The summed E-state index contributed by atoms with van der Waals surface area (Å²) < 4.78 is 0. The summed E-state index contributed by atoms with van der Waals surface area (Å²) in [7, 11) is 0. The SMILES string of the molecule is Cc1cccc(N2CCC(NC(=O)C3CCN(C(=O)c4ccccn4)CC3)CC2)c1. The van der Waals surface area contributed by atoms with Crippen LogP contribution in [0.5, 0.6) is 0 Å². The molecule has 2 aromatic rings. The van der Waals surface area contributed by atoms with Gasteiger partial charge in [0.2, 0.25) is 5.91 Å². The normalized spacial score (nSPS) is 18.3. The Morgan fingerprint density at radius 1 is 0.967 bits per heavy atom. The third-order valence-electron chi connectivity index (χ3n) is 6.25. The second-order valence-corrected chi connectivity index (χ2v) is 8.39. The molecule has 1 N–H and O–H groups in total. The van der Waals surface area contributed by atoms with Gasteiger partial charge in [0, 0.05) is 50.0 Å². The van der Waals surface area contributed by atoms with E-state index in [1.165, 1.54) is 11.3 Å². The van der Waals surface area contributed by atoms with Crippen molar-refractivity contribution in [2.45, 2.75) is 38.6 Å². The fourth-order valence-corrected chi connectivity index (χ4v) is 4.42. The highest BCUT2D eigenvalue weighted by molar-refractivity contribution is 5.92. The van der Waals surface area contributed by atoms with Crippen molar-refractivity contribution >= 4 is 17.5 Å². The van der Waals surface area contributed by atoms with Crippen LogP contribution in [0.1, 0.15) is 41.7 Å². The molecule has 30 heavy (non-hydrogen) atoms. The molecule has 1 aromatic carbocycles. The number of rotatable bonds is 4. The van der Waals surface area contributed by atoms with Crippen LogP contribution in [0.15, 0.2) is 48.7 Å². The lowest BCUT2D eigenvalue weighted by Gasteiger charge is -2.36. The summed E-state index contributed by atoms with van der Waals surface area (Å²) in [5.41, 5.74) is 3.02. The number of anilines is 1. The third kappa shape index (κ3) is 4.81. The van der Waals surface area contributed by atoms with Gasteiger partial charge in [-0.25, -0.2) is 0 Å². The Kier molecular flexibility index (Phi) is 6.31. The number of piperidine rings is 2. The fourth-order valence-electron chi connectivity index (χ4n) is 4.42. The molecule has 4 rings (SSSR count). The number of hydrogen-bond acceptors (Lipinski definition) is 4. The summed E-state index contributed by atoms with van der Waals surface area (Å²) in [6, 6.07) is 14.2. The van der Waals surface area contributed by atoms with E-state index in [0.717, 1.165) is 25.9 Å². The minimum absolute atomic E-state index is 0.00687. The van der Waals surface area contributed by atoms with Crippen molar-refractivity contribution in [3.05, 3.63) is 59.9 Å². The maximum absolute atomic E-state index is 12.8. The predicted molar refractivity (Wildman–Crippen MR) is 117 cm³/mol. The molecule has 2 saturated heterocycles. The molecule has 0 atom stereocenters. The monoisotopic (exact) mass is 406 g/mol. The Labute approximate surface area is 178 Å². The Hall–Kier alpha value is -2.89. The van der Waals surface area contributed by atoms with Gasteiger partial charge in [-0.1, -0.05) is 18.2 Å². The molecule has 0 bridgehead atoms. The molecule has 6 heteroatoms. The number of pyridine rings is 1. The van der Waals surface area contributed by atoms with Crippen molar-refractivity contribution in [3.8, 4) is 0 Å². The molecule has 0 spiro atoms. The van der Waals surface area contributed by atoms with Gasteiger partial charge in [0.05, 0.1) is 0 Å². The van der Waals surface area contributed by atoms with E-state index >= 15 is 0 Å². The van der Waals surface area contributed by atoms with Gasteiger partial charge in [-0.2, -0.15) is 0 Å². The number of aromatic nitrogens is 1. The van der Waals surface area contributed by atoms with Gasteiger partial charge in [-0.3, -0.25) is 14.6 Å². The minimum atomic E-state index is -0.0435. The zero-order valence-electron chi connectivity index (χ0n) is 17.6. The molecule has 2 aliphatic rings. The quantitative estimate of drug-likeness (QED) is 0.848. The highest BCUT2D eigenvalue weighted by Crippen LogP contribution is 2.23. The highest BCUT2D eigenvalue weighted by atomic mass is 16.2. The van der Waals surface area contributed by atoms with Crippen molar-refractivity contribution in [2.75, 3.05) is 31.1 Å². The van der Waals surface area contributed by atoms with Gasteiger partial charge in [0.15, 0.2) is 0 Å². The predicted octanol–water partition coefficient (Wildman–Crippen LogP) is 3.03. The average molecular weight is 407 g/mol. The summed E-state index contributed by atoms with van der Waals surface area (Å²) in [6.07, 6.45) is 5.00. The second kappa shape index (κ2) is 9.28. The van der Waals surface area contributed by atoms with Crippen LogP contribution >= 0.6 is 0 Å². The number of carbonyl (C=O) groups excluding carboxylic acids is 2. The van der Waals surface area contributed by atoms with Crippen molar-refractivity contribution in [1.29, 1.82) is 0 Å². The van der Waals surface area contributed by atoms with Crippen molar-refractivity contribution in [1.82, 2.24) is 15.2 Å². The number of hydrogen-bond donors (Lipinski definition) is 1. The maximum atomic E-state index is 12.8. The van der Waals surface area contributed by atoms with Crippen LogP contribution < -0.4 is 10.2 Å². The summed E-state index contributed by atoms with van der Waals surface area (Å²) in [4.78, 5) is 33.6. The van der Waals surface area contributed by atoms with Crippen LogP contribution in [-0.4, -0.2) is 53.9 Å². The fraction of sp³-hybridized carbons (Fsp3) is 0.458. The Bertz CT molecular complexity index is 870. The van der Waals surface area contributed by atoms with Gasteiger partial charge in [0.25, 0.3) is 5.91 Å². The van der Waals surface area contributed by atoms with E-state index in [9.17, 15) is 9.59 Å². The molecule has 1 aromatic heterocycles. The van der Waals surface area contributed by atoms with E-state index in [1.807, 2.05) is 11.0 Å². The molecule has 2 fully saturated rings. The summed E-state index contributed by atoms with van der Waals surface area (Å²) in [5.74, 6) is 0.0968. The number of aryl methyl sites for hydroxylation is 1. The van der Waals surface area contributed by atoms with E-state index in [-0.39, 0.29) is 23.8 Å². The van der Waals surface area contributed by atoms with E-state index in [4.69, 9.17) is 0 Å². The minimum Gasteiger partial charge on any atom is -0.371 e. The van der Waals surface area contributed by atoms with Crippen LogP contribution in [0.2, 0.25) is 0 Å². The zero-order valence-corrected chi connectivity index (χ0v) is 17.6. The molecular formula is C24H30N4O2. The Morgan fingerprint density at radius 3 is 2.40 bits per heavy atom. The first-order valence-electron chi connectivity index (χ1n) is 10.9. The number of nitrogens with zero attached hydrogens (tertiary/aromatic N) is 3. The molecule has 6 nitrogen and oxygen atoms in total. The molecule has 0 aliphatic carbocycles. The highest BCUT2D eigenvalue weighted by Gasteiger charge is 2.30. The molecule has 0 radical (unpaired) electrons. The second-order valence-electron chi connectivity index (χ2n) is 8.39. The number of carbonyl (C=O) groups is 2. The van der Waals surface area contributed by atoms with Crippen molar-refractivity contribution < 1.29 is 9.59 Å². The summed E-state index contributed by atoms with van der Waals surface area (Å²) >= 11 is 0. The van der Waals surface area contributed by atoms with Crippen molar-refractivity contribution in [3.63, 3.8) is 0 Å². The number of benzene rings is 1. The molecule has 158 valence electrons. The number of amides is 2. The molecular weight excluding hydrogens is 376 g/mol. The van der Waals surface area contributed by atoms with E-state index in [1.54, 1.807) is 18.3 Å². The van der Waals surface area contributed by atoms with Gasteiger partial charge >= 0.3 is 0 Å². The molecule has 0 unspecified atom stereocenters. The number of likely N-dealkylation sites (tertiary alicyclic amines) is 1. The smallest absolute Gasteiger partial charge is 0.272 e. The first kappa shape index (κ1) is 20.4. The lowest BCUT2D eigenvalue weighted by molar-refractivity contribution is -0.127. The van der Waals surface area contributed by atoms with Crippen LogP contribution in [0.4, 0.5) is 5.69 Å². The largest absolute Gasteiger partial charge is 0.371 e. The Morgan fingerprint density at radius 2 is 1.73 bits per heavy atom. The van der Waals surface area contributed by atoms with E-state index < -0.39 is 0 Å². The van der Waals surface area contributed by atoms with Crippen LogP contribution in [0, 0.1) is 12.8 Å². The van der Waals surface area contributed by atoms with Crippen LogP contribution in [0.25, 0.3) is 0 Å². The van der Waals surface area contributed by atoms with Gasteiger partial charge in [-0.05, 0) is 62.4 Å². The van der Waals surface area contributed by atoms with E-state index in [2.05, 4.69) is 46.4 Å². The zero-order chi connectivity index (χ0) is 20.9. The van der Waals surface area contributed by atoms with Crippen LogP contribution in [-0.2, 0) is 4.79 Å². The van der Waals surface area contributed by atoms with Crippen LogP contribution in [0.3, 0.4) is 0 Å². The first-order chi connectivity index (χ1) is 14.6. The molecule has 0 saturated carbocycles. The summed E-state index contributed by atoms with van der Waals surface area (Å²) in [5, 5.41) is 3.27. The lowest BCUT2D eigenvalue weighted by Crippen LogP contribution is -2.48. The maximum Gasteiger partial charge on any atom is 0.272 e. The molecule has 2 amide bonds. The van der Waals surface area contributed by atoms with Gasteiger partial charge < -0.3 is 15.1 Å². The van der Waals surface area contributed by atoms with Crippen molar-refractivity contribution in [2.24, 2.45) is 5.92 Å². The summed E-state index contributed by atoms with van der Waals surface area (Å²) in [6.45, 7) is 5.27. The topological polar surface area (TPSA) is 65.5 Å².